The first-order valence-corrected chi connectivity index (χ1v) is 12.7. The van der Waals surface area contributed by atoms with Crippen LogP contribution in [0.25, 0.3) is 0 Å². The number of urea groups is 1. The lowest BCUT2D eigenvalue weighted by atomic mass is 9.69. The Morgan fingerprint density at radius 2 is 1.87 bits per heavy atom. The van der Waals surface area contributed by atoms with E-state index in [0.717, 1.165) is 63.6 Å². The maximum Gasteiger partial charge on any atom is 0.354 e. The van der Waals surface area contributed by atoms with Crippen LogP contribution in [0.3, 0.4) is 0 Å². The van der Waals surface area contributed by atoms with Gasteiger partial charge in [-0.2, -0.15) is 5.10 Å². The highest BCUT2D eigenvalue weighted by Gasteiger charge is 2.43. The number of rotatable bonds is 2. The fraction of sp³-hybridized carbons (Fsp3) is 0.545. The van der Waals surface area contributed by atoms with Crippen molar-refractivity contribution < 1.29 is 13.7 Å². The Morgan fingerprint density at radius 3 is 2.52 bits per heavy atom. The van der Waals surface area contributed by atoms with E-state index < -0.39 is 15.9 Å². The fourth-order valence-corrected chi connectivity index (χ4v) is 6.65. The molecule has 1 spiro atoms. The quantitative estimate of drug-likeness (QED) is 0.744. The summed E-state index contributed by atoms with van der Waals surface area (Å²) in [4.78, 5) is 13.0. The van der Waals surface area contributed by atoms with E-state index in [9.17, 15) is 9.00 Å². The van der Waals surface area contributed by atoms with Gasteiger partial charge in [-0.25, -0.2) is 18.8 Å². The fourth-order valence-electron chi connectivity index (χ4n) is 5.65. The van der Waals surface area contributed by atoms with Gasteiger partial charge in [-0.1, -0.05) is 12.5 Å². The smallest absolute Gasteiger partial charge is 0.354 e. The van der Waals surface area contributed by atoms with Crippen LogP contribution in [0.1, 0.15) is 54.4 Å². The van der Waals surface area contributed by atoms with Crippen LogP contribution < -0.4 is 15.2 Å². The zero-order chi connectivity index (χ0) is 21.2. The van der Waals surface area contributed by atoms with Crippen LogP contribution in [-0.2, 0) is 42.1 Å². The Balaban J connectivity index is 1.30. The second-order valence-corrected chi connectivity index (χ2v) is 11.2. The summed E-state index contributed by atoms with van der Waals surface area (Å²) < 4.78 is 24.8. The highest BCUT2D eigenvalue weighted by atomic mass is 32.2. The summed E-state index contributed by atoms with van der Waals surface area (Å²) in [6.45, 7) is 1.29. The molecular formula is C22H27N5O3S. The van der Waals surface area contributed by atoms with Gasteiger partial charge in [0, 0.05) is 11.1 Å². The summed E-state index contributed by atoms with van der Waals surface area (Å²) in [5.41, 5.74) is 6.03. The van der Waals surface area contributed by atoms with Crippen LogP contribution in [0.2, 0.25) is 0 Å². The molecular weight excluding hydrogens is 414 g/mol. The SMILES string of the molecule is N[S@@](=O)(=NC(=O)Nc1c2c(cc3c1CCC3)CCC2)c1cnn2c1OCC1(CCC1)C2. The van der Waals surface area contributed by atoms with Gasteiger partial charge >= 0.3 is 6.03 Å². The topological polar surface area (TPSA) is 112 Å². The highest BCUT2D eigenvalue weighted by molar-refractivity contribution is 7.91. The molecule has 2 aromatic rings. The molecule has 1 aromatic heterocycles. The van der Waals surface area contributed by atoms with Crippen LogP contribution >= 0.6 is 0 Å². The van der Waals surface area contributed by atoms with Crippen molar-refractivity contribution in [1.82, 2.24) is 9.78 Å². The molecule has 9 heteroatoms. The van der Waals surface area contributed by atoms with Crippen LogP contribution in [0.15, 0.2) is 21.5 Å². The molecule has 2 heterocycles. The number of aryl methyl sites for hydroxylation is 2. The van der Waals surface area contributed by atoms with Crippen molar-refractivity contribution >= 4 is 21.6 Å². The molecule has 0 radical (unpaired) electrons. The number of aromatic nitrogens is 2. The second-order valence-electron chi connectivity index (χ2n) is 9.44. The predicted octanol–water partition coefficient (Wildman–Crippen LogP) is 3.36. The minimum absolute atomic E-state index is 0.133. The maximum atomic E-state index is 13.3. The number of ether oxygens (including phenoxy) is 1. The van der Waals surface area contributed by atoms with E-state index in [1.165, 1.54) is 34.9 Å². The molecule has 0 bridgehead atoms. The Bertz CT molecular complexity index is 1190. The largest absolute Gasteiger partial charge is 0.476 e. The van der Waals surface area contributed by atoms with Gasteiger partial charge in [0.25, 0.3) is 0 Å². The molecule has 4 aliphatic rings. The van der Waals surface area contributed by atoms with Gasteiger partial charge in [0.2, 0.25) is 5.88 Å². The van der Waals surface area contributed by atoms with Gasteiger partial charge in [0.05, 0.1) is 19.3 Å². The lowest BCUT2D eigenvalue weighted by Crippen LogP contribution is -2.43. The normalized spacial score (nSPS) is 22.0. The van der Waals surface area contributed by atoms with Crippen molar-refractivity contribution in [3.63, 3.8) is 0 Å². The lowest BCUT2D eigenvalue weighted by molar-refractivity contribution is 0.000132. The van der Waals surface area contributed by atoms with Gasteiger partial charge in [0.1, 0.15) is 4.90 Å². The average Bonchev–Trinajstić information content (AvgIpc) is 3.44. The number of carbonyl (C=O) groups excluding carboxylic acids is 1. The number of nitrogens with zero attached hydrogens (tertiary/aromatic N) is 3. The number of nitrogens with one attached hydrogen (secondary N) is 1. The first-order chi connectivity index (χ1) is 14.9. The summed E-state index contributed by atoms with van der Waals surface area (Å²) in [5.74, 6) is 0.378. The van der Waals surface area contributed by atoms with Crippen molar-refractivity contribution in [3.05, 3.63) is 34.5 Å². The van der Waals surface area contributed by atoms with Crippen molar-refractivity contribution in [1.29, 1.82) is 0 Å². The van der Waals surface area contributed by atoms with E-state index in [2.05, 4.69) is 20.8 Å². The van der Waals surface area contributed by atoms with Crippen molar-refractivity contribution in [2.45, 2.75) is 69.2 Å². The lowest BCUT2D eigenvalue weighted by Gasteiger charge is -2.44. The van der Waals surface area contributed by atoms with E-state index in [1.807, 2.05) is 0 Å². The highest BCUT2D eigenvalue weighted by Crippen LogP contribution is 2.46. The molecule has 3 aliphatic carbocycles. The number of hydrogen-bond donors (Lipinski definition) is 2. The van der Waals surface area contributed by atoms with Gasteiger partial charge in [0.15, 0.2) is 9.92 Å². The second kappa shape index (κ2) is 6.80. The third-order valence-electron chi connectivity index (χ3n) is 7.41. The third kappa shape index (κ3) is 3.09. The molecule has 1 atom stereocenters. The maximum absolute atomic E-state index is 13.3. The van der Waals surface area contributed by atoms with Gasteiger partial charge in [-0.05, 0) is 73.6 Å². The summed E-state index contributed by atoms with van der Waals surface area (Å²) >= 11 is 0. The number of fused-ring (bicyclic) bond motifs is 3. The number of benzene rings is 1. The third-order valence-corrected chi connectivity index (χ3v) is 8.76. The average molecular weight is 442 g/mol. The molecule has 31 heavy (non-hydrogen) atoms. The monoisotopic (exact) mass is 441 g/mol. The molecule has 3 N–H and O–H groups in total. The van der Waals surface area contributed by atoms with Crippen LogP contribution in [0.5, 0.6) is 5.88 Å². The van der Waals surface area contributed by atoms with Gasteiger partial charge in [-0.15, -0.1) is 4.36 Å². The summed E-state index contributed by atoms with van der Waals surface area (Å²) in [7, 11) is -3.48. The predicted molar refractivity (Wildman–Crippen MR) is 117 cm³/mol. The Kier molecular flexibility index (Phi) is 4.24. The molecule has 164 valence electrons. The molecule has 1 saturated carbocycles. The van der Waals surface area contributed by atoms with Crippen LogP contribution in [0.4, 0.5) is 10.5 Å². The molecule has 0 saturated heterocycles. The van der Waals surface area contributed by atoms with Crippen molar-refractivity contribution in [2.75, 3.05) is 11.9 Å². The van der Waals surface area contributed by atoms with Gasteiger partial charge in [-0.3, -0.25) is 0 Å². The Labute approximate surface area is 181 Å². The van der Waals surface area contributed by atoms with E-state index in [1.54, 1.807) is 4.68 Å². The number of nitrogens with two attached hydrogens (primary N) is 1. The molecule has 8 nitrogen and oxygen atoms in total. The summed E-state index contributed by atoms with van der Waals surface area (Å²) in [6.07, 6.45) is 11.0. The molecule has 1 aliphatic heterocycles. The summed E-state index contributed by atoms with van der Waals surface area (Å²) in [5, 5.41) is 13.3. The molecule has 2 amide bonds. The van der Waals surface area contributed by atoms with E-state index in [-0.39, 0.29) is 10.3 Å². The number of amides is 2. The summed E-state index contributed by atoms with van der Waals surface area (Å²) in [6, 6.07) is 1.63. The Hall–Kier alpha value is -2.39. The number of hydrogen-bond acceptors (Lipinski definition) is 4. The Morgan fingerprint density at radius 1 is 1.16 bits per heavy atom. The van der Waals surface area contributed by atoms with Crippen molar-refractivity contribution in [2.24, 2.45) is 14.9 Å². The minimum atomic E-state index is -3.48. The minimum Gasteiger partial charge on any atom is -0.476 e. The number of anilines is 1. The zero-order valence-corrected chi connectivity index (χ0v) is 18.3. The zero-order valence-electron chi connectivity index (χ0n) is 17.5. The van der Waals surface area contributed by atoms with E-state index >= 15 is 0 Å². The van der Waals surface area contributed by atoms with Crippen molar-refractivity contribution in [3.8, 4) is 5.88 Å². The van der Waals surface area contributed by atoms with E-state index in [4.69, 9.17) is 9.88 Å². The van der Waals surface area contributed by atoms with E-state index in [0.29, 0.717) is 12.5 Å². The molecule has 1 fully saturated rings. The molecule has 1 aromatic carbocycles. The van der Waals surface area contributed by atoms with Crippen LogP contribution in [0, 0.1) is 5.41 Å². The molecule has 6 rings (SSSR count). The standard InChI is InChI=1S/C22H27N5O3S/c23-31(29,18-11-24-27-12-22(8-3-9-22)13-30-20(18)27)26-21(28)25-19-16-6-1-4-14(16)10-15-5-2-7-17(15)19/h10-11H,1-9,12-13H2,(H3,23,25,26,28,29)/t31-/m1/s1. The first kappa shape index (κ1) is 19.3. The first-order valence-electron chi connectivity index (χ1n) is 11.2. The van der Waals surface area contributed by atoms with Gasteiger partial charge < -0.3 is 10.1 Å². The number of carbonyl (C=O) groups is 1. The van der Waals surface area contributed by atoms with Crippen LogP contribution in [-0.4, -0.2) is 26.6 Å². The molecule has 0 unspecified atom stereocenters.